The lowest BCUT2D eigenvalue weighted by Crippen LogP contribution is -2.37. The Morgan fingerprint density at radius 3 is 1.98 bits per heavy atom. The summed E-state index contributed by atoms with van der Waals surface area (Å²) in [5.74, 6) is 0.0171. The fourth-order valence-electron chi connectivity index (χ4n) is 4.94. The van der Waals surface area contributed by atoms with Crippen molar-refractivity contribution in [1.82, 2.24) is 14.7 Å². The van der Waals surface area contributed by atoms with Gasteiger partial charge >= 0.3 is 0 Å². The minimum atomic E-state index is -3.87. The second-order valence-corrected chi connectivity index (χ2v) is 12.8. The Balaban J connectivity index is 1.24. The average Bonchev–Trinajstić information content (AvgIpc) is 3.00. The molecular formula is C32H30Cl2N4O4S. The molecule has 0 aliphatic carbocycles. The summed E-state index contributed by atoms with van der Waals surface area (Å²) in [5.41, 5.74) is 3.82. The number of aromatic nitrogens is 2. The summed E-state index contributed by atoms with van der Waals surface area (Å²) in [6.07, 6.45) is 3.65. The molecule has 2 amide bonds. The Morgan fingerprint density at radius 2 is 1.35 bits per heavy atom. The lowest BCUT2D eigenvalue weighted by atomic mass is 10.0. The second kappa shape index (κ2) is 13.7. The van der Waals surface area contributed by atoms with Crippen LogP contribution < -0.4 is 9.62 Å². The zero-order chi connectivity index (χ0) is 30.4. The number of nitrogens with one attached hydrogen (secondary N) is 1. The van der Waals surface area contributed by atoms with Gasteiger partial charge in [0, 0.05) is 47.0 Å². The molecule has 5 rings (SSSR count). The molecule has 11 heteroatoms. The van der Waals surface area contributed by atoms with Crippen LogP contribution in [-0.2, 0) is 26.0 Å². The van der Waals surface area contributed by atoms with Crippen LogP contribution in [0.15, 0.2) is 83.8 Å². The summed E-state index contributed by atoms with van der Waals surface area (Å²) >= 11 is 12.3. The molecule has 0 saturated carbocycles. The van der Waals surface area contributed by atoms with Crippen LogP contribution in [0.25, 0.3) is 22.5 Å². The number of carbonyl (C=O) groups excluding carboxylic acids is 2. The predicted molar refractivity (Wildman–Crippen MR) is 168 cm³/mol. The fourth-order valence-corrected chi connectivity index (χ4v) is 6.23. The summed E-state index contributed by atoms with van der Waals surface area (Å²) in [7, 11) is -3.87. The van der Waals surface area contributed by atoms with Gasteiger partial charge in [0.1, 0.15) is 0 Å². The van der Waals surface area contributed by atoms with Gasteiger partial charge < -0.3 is 0 Å². The molecule has 0 atom stereocenters. The van der Waals surface area contributed by atoms with Gasteiger partial charge in [-0.3, -0.25) is 14.5 Å². The topological polar surface area (TPSA) is 109 Å². The molecular weight excluding hydrogens is 607 g/mol. The first-order valence-corrected chi connectivity index (χ1v) is 16.3. The van der Waals surface area contributed by atoms with E-state index in [0.29, 0.717) is 65.9 Å². The number of carbonyl (C=O) groups is 2. The number of aryl methyl sites for hydroxylation is 1. The molecule has 3 aromatic carbocycles. The van der Waals surface area contributed by atoms with E-state index >= 15 is 0 Å². The molecule has 4 aromatic rings. The molecule has 1 aliphatic heterocycles. The molecule has 0 fully saturated rings. The van der Waals surface area contributed by atoms with Crippen molar-refractivity contribution in [3.63, 3.8) is 0 Å². The highest BCUT2D eigenvalue weighted by Crippen LogP contribution is 2.36. The van der Waals surface area contributed by atoms with Gasteiger partial charge in [-0.25, -0.2) is 23.1 Å². The number of sulfonamides is 1. The predicted octanol–water partition coefficient (Wildman–Crippen LogP) is 6.85. The van der Waals surface area contributed by atoms with Crippen molar-refractivity contribution in [2.75, 3.05) is 11.4 Å². The maximum atomic E-state index is 13.0. The Bertz CT molecular complexity index is 1720. The van der Waals surface area contributed by atoms with E-state index in [1.807, 2.05) is 36.4 Å². The molecule has 0 bridgehead atoms. The van der Waals surface area contributed by atoms with E-state index in [9.17, 15) is 18.0 Å². The molecule has 1 aromatic heterocycles. The van der Waals surface area contributed by atoms with E-state index in [0.717, 1.165) is 23.2 Å². The Labute approximate surface area is 261 Å². The van der Waals surface area contributed by atoms with E-state index < -0.39 is 15.9 Å². The van der Waals surface area contributed by atoms with E-state index in [2.05, 4.69) is 4.72 Å². The highest BCUT2D eigenvalue weighted by atomic mass is 35.5. The largest absolute Gasteiger partial charge is 0.295 e. The van der Waals surface area contributed by atoms with Crippen LogP contribution in [0.4, 0.5) is 5.82 Å². The van der Waals surface area contributed by atoms with Gasteiger partial charge in [0.25, 0.3) is 10.0 Å². The van der Waals surface area contributed by atoms with Crippen molar-refractivity contribution >= 4 is 50.9 Å². The molecule has 43 heavy (non-hydrogen) atoms. The van der Waals surface area contributed by atoms with Crippen molar-refractivity contribution < 1.29 is 18.0 Å². The SMILES string of the molecule is O=C(CCCCCCN1C(=O)CCc2nc(-c3ccc(Cl)cc3)c(-c3ccc(Cl)cc3)nc21)NS(=O)(=O)c1ccccc1. The summed E-state index contributed by atoms with van der Waals surface area (Å²) < 4.78 is 26.8. The highest BCUT2D eigenvalue weighted by Gasteiger charge is 2.29. The molecule has 222 valence electrons. The molecule has 0 unspecified atom stereocenters. The standard InChI is InChI=1S/C32H30Cl2N4O4S/c33-24-15-11-22(12-16-24)30-31(23-13-17-25(34)18-14-23)36-32-27(35-30)19-20-29(40)38(32)21-7-2-1-6-10-28(39)37-43(41,42)26-8-4-3-5-9-26/h3-5,8-9,11-18H,1-2,6-7,10,19-21H2,(H,37,39). The highest BCUT2D eigenvalue weighted by molar-refractivity contribution is 7.90. The first-order valence-electron chi connectivity index (χ1n) is 14.0. The van der Waals surface area contributed by atoms with Crippen molar-refractivity contribution in [3.8, 4) is 22.5 Å². The number of rotatable bonds is 11. The molecule has 1 N–H and O–H groups in total. The van der Waals surface area contributed by atoms with Crippen LogP contribution in [0.2, 0.25) is 10.0 Å². The molecule has 0 spiro atoms. The van der Waals surface area contributed by atoms with Crippen LogP contribution in [-0.4, -0.2) is 36.7 Å². The van der Waals surface area contributed by atoms with E-state index in [1.54, 1.807) is 35.2 Å². The molecule has 0 saturated heterocycles. The smallest absolute Gasteiger partial charge is 0.264 e. The Kier molecular flexibility index (Phi) is 9.75. The van der Waals surface area contributed by atoms with Crippen LogP contribution >= 0.6 is 23.2 Å². The van der Waals surface area contributed by atoms with Gasteiger partial charge in [0.15, 0.2) is 5.82 Å². The van der Waals surface area contributed by atoms with Crippen LogP contribution in [0, 0.1) is 0 Å². The first-order chi connectivity index (χ1) is 20.7. The Morgan fingerprint density at radius 1 is 0.767 bits per heavy atom. The fraction of sp³-hybridized carbons (Fsp3) is 0.250. The lowest BCUT2D eigenvalue weighted by Gasteiger charge is -2.29. The average molecular weight is 638 g/mol. The van der Waals surface area contributed by atoms with Gasteiger partial charge in [0.2, 0.25) is 11.8 Å². The molecule has 2 heterocycles. The lowest BCUT2D eigenvalue weighted by molar-refractivity contribution is -0.120. The number of halogens is 2. The number of unbranched alkanes of at least 4 members (excludes halogenated alkanes) is 3. The van der Waals surface area contributed by atoms with Gasteiger partial charge in [-0.1, -0.05) is 78.5 Å². The van der Waals surface area contributed by atoms with Crippen LogP contribution in [0.3, 0.4) is 0 Å². The summed E-state index contributed by atoms with van der Waals surface area (Å²) in [4.78, 5) is 37.0. The Hall–Kier alpha value is -3.79. The quantitative estimate of drug-likeness (QED) is 0.180. The van der Waals surface area contributed by atoms with E-state index in [4.69, 9.17) is 33.2 Å². The number of amides is 2. The molecule has 0 radical (unpaired) electrons. The minimum Gasteiger partial charge on any atom is -0.295 e. The molecule has 8 nitrogen and oxygen atoms in total. The number of hydrogen-bond donors (Lipinski definition) is 1. The van der Waals surface area contributed by atoms with Gasteiger partial charge in [-0.2, -0.15) is 0 Å². The molecule has 1 aliphatic rings. The van der Waals surface area contributed by atoms with Gasteiger partial charge in [-0.15, -0.1) is 0 Å². The normalized spacial score (nSPS) is 13.1. The number of benzene rings is 3. The van der Waals surface area contributed by atoms with Crippen molar-refractivity contribution in [1.29, 1.82) is 0 Å². The number of fused-ring (bicyclic) bond motifs is 1. The van der Waals surface area contributed by atoms with Gasteiger partial charge in [0.05, 0.1) is 22.0 Å². The first kappa shape index (κ1) is 30.7. The summed E-state index contributed by atoms with van der Waals surface area (Å²) in [6, 6.07) is 22.6. The maximum absolute atomic E-state index is 13.0. The van der Waals surface area contributed by atoms with Gasteiger partial charge in [-0.05, 0) is 49.2 Å². The number of hydrogen-bond acceptors (Lipinski definition) is 6. The number of anilines is 1. The van der Waals surface area contributed by atoms with E-state index in [-0.39, 0.29) is 17.2 Å². The minimum absolute atomic E-state index is 0.00593. The second-order valence-electron chi connectivity index (χ2n) is 10.3. The monoisotopic (exact) mass is 636 g/mol. The number of nitrogens with zero attached hydrogens (tertiary/aromatic N) is 3. The third-order valence-corrected chi connectivity index (χ3v) is 9.04. The summed E-state index contributed by atoms with van der Waals surface area (Å²) in [6.45, 7) is 0.468. The summed E-state index contributed by atoms with van der Waals surface area (Å²) in [5, 5.41) is 1.23. The van der Waals surface area contributed by atoms with Crippen molar-refractivity contribution in [3.05, 3.63) is 94.6 Å². The third-order valence-electron chi connectivity index (χ3n) is 7.15. The third kappa shape index (κ3) is 7.60. The maximum Gasteiger partial charge on any atom is 0.264 e. The van der Waals surface area contributed by atoms with Crippen molar-refractivity contribution in [2.45, 2.75) is 49.8 Å². The van der Waals surface area contributed by atoms with E-state index in [1.165, 1.54) is 12.1 Å². The van der Waals surface area contributed by atoms with Crippen LogP contribution in [0.5, 0.6) is 0 Å². The van der Waals surface area contributed by atoms with Crippen molar-refractivity contribution in [2.24, 2.45) is 0 Å². The zero-order valence-electron chi connectivity index (χ0n) is 23.3. The zero-order valence-corrected chi connectivity index (χ0v) is 25.6. The van der Waals surface area contributed by atoms with Crippen LogP contribution in [0.1, 0.15) is 44.2 Å².